The van der Waals surface area contributed by atoms with Crippen LogP contribution < -0.4 is 10.2 Å². The molecule has 4 rings (SSSR count). The first kappa shape index (κ1) is 20.6. The number of ether oxygens (including phenoxy) is 1. The Labute approximate surface area is 179 Å². The lowest BCUT2D eigenvalue weighted by atomic mass is 10.1. The van der Waals surface area contributed by atoms with Gasteiger partial charge in [-0.2, -0.15) is 5.10 Å². The van der Waals surface area contributed by atoms with Crippen molar-refractivity contribution in [2.45, 2.75) is 27.2 Å². The number of hydrogen-bond acceptors (Lipinski definition) is 5. The van der Waals surface area contributed by atoms with Crippen LogP contribution in [0.1, 0.15) is 34.8 Å². The molecule has 1 aliphatic rings. The minimum absolute atomic E-state index is 0.0701. The van der Waals surface area contributed by atoms with Crippen LogP contribution in [-0.4, -0.2) is 40.5 Å². The normalized spacial score (nSPS) is 16.0. The van der Waals surface area contributed by atoms with E-state index >= 15 is 0 Å². The summed E-state index contributed by atoms with van der Waals surface area (Å²) < 4.78 is 6.60. The molecule has 0 radical (unpaired) electrons. The number of rotatable bonds is 5. The van der Waals surface area contributed by atoms with Crippen LogP contribution in [0.25, 0.3) is 5.52 Å². The molecule has 2 amide bonds. The summed E-state index contributed by atoms with van der Waals surface area (Å²) in [6.45, 7) is 6.35. The van der Waals surface area contributed by atoms with Gasteiger partial charge in [0.05, 0.1) is 24.2 Å². The lowest BCUT2D eigenvalue weighted by molar-refractivity contribution is -0.122. The monoisotopic (exact) mass is 420 g/mol. The highest BCUT2D eigenvalue weighted by Gasteiger charge is 2.35. The highest BCUT2D eigenvalue weighted by atomic mass is 16.5. The molecule has 160 valence electrons. The number of amides is 2. The van der Waals surface area contributed by atoms with Crippen molar-refractivity contribution in [3.8, 4) is 0 Å². The van der Waals surface area contributed by atoms with Crippen LogP contribution in [0.2, 0.25) is 0 Å². The van der Waals surface area contributed by atoms with Crippen molar-refractivity contribution in [1.29, 1.82) is 0 Å². The van der Waals surface area contributed by atoms with E-state index in [1.165, 1.54) is 6.20 Å². The number of aromatic nitrogens is 2. The quantitative estimate of drug-likeness (QED) is 0.640. The molecule has 0 bridgehead atoms. The number of esters is 1. The van der Waals surface area contributed by atoms with E-state index in [1.54, 1.807) is 34.7 Å². The summed E-state index contributed by atoms with van der Waals surface area (Å²) in [5, 5.41) is 7.00. The van der Waals surface area contributed by atoms with Gasteiger partial charge in [-0.25, -0.2) is 9.31 Å². The van der Waals surface area contributed by atoms with Crippen molar-refractivity contribution < 1.29 is 19.1 Å². The Morgan fingerprint density at radius 3 is 2.74 bits per heavy atom. The summed E-state index contributed by atoms with van der Waals surface area (Å²) in [7, 11) is 0. The first-order chi connectivity index (χ1) is 14.9. The minimum atomic E-state index is -0.466. The zero-order valence-electron chi connectivity index (χ0n) is 17.7. The molecular formula is C23H24N4O4. The van der Waals surface area contributed by atoms with Gasteiger partial charge in [0.25, 0.3) is 0 Å². The van der Waals surface area contributed by atoms with E-state index in [0.717, 1.165) is 16.8 Å². The zero-order valence-corrected chi connectivity index (χ0v) is 17.7. The molecule has 8 nitrogen and oxygen atoms in total. The Hall–Kier alpha value is -3.68. The summed E-state index contributed by atoms with van der Waals surface area (Å²) in [5.74, 6) is -1.23. The third-order valence-corrected chi connectivity index (χ3v) is 5.58. The van der Waals surface area contributed by atoms with Gasteiger partial charge in [0.15, 0.2) is 0 Å². The van der Waals surface area contributed by atoms with Crippen molar-refractivity contribution in [3.05, 3.63) is 59.4 Å². The van der Waals surface area contributed by atoms with Crippen LogP contribution in [-0.2, 0) is 14.3 Å². The van der Waals surface area contributed by atoms with Gasteiger partial charge in [-0.05, 0) is 56.2 Å². The molecule has 1 unspecified atom stereocenters. The van der Waals surface area contributed by atoms with Crippen molar-refractivity contribution in [3.63, 3.8) is 0 Å². The van der Waals surface area contributed by atoms with Gasteiger partial charge in [0.2, 0.25) is 11.8 Å². The fraction of sp³-hybridized carbons (Fsp3) is 0.304. The van der Waals surface area contributed by atoms with Gasteiger partial charge >= 0.3 is 5.97 Å². The van der Waals surface area contributed by atoms with Crippen LogP contribution in [0.4, 0.5) is 11.4 Å². The van der Waals surface area contributed by atoms with Crippen LogP contribution in [0.15, 0.2) is 42.7 Å². The zero-order chi connectivity index (χ0) is 22.1. The standard InChI is InChI=1S/C23H24N4O4/c1-4-31-23(30)19-12-24-27-8-7-17(11-20(19)27)25-22(29)16-10-21(28)26(13-16)18-6-5-14(2)15(3)9-18/h5-9,11-12,16H,4,10,13H2,1-3H3,(H,25,29). The number of nitrogens with one attached hydrogen (secondary N) is 1. The first-order valence-electron chi connectivity index (χ1n) is 10.2. The van der Waals surface area contributed by atoms with E-state index in [-0.39, 0.29) is 24.8 Å². The molecule has 1 fully saturated rings. The van der Waals surface area contributed by atoms with Crippen molar-refractivity contribution in [2.75, 3.05) is 23.4 Å². The van der Waals surface area contributed by atoms with Crippen LogP contribution in [0.5, 0.6) is 0 Å². The average molecular weight is 420 g/mol. The molecule has 1 aromatic carbocycles. The van der Waals surface area contributed by atoms with Gasteiger partial charge in [-0.3, -0.25) is 9.59 Å². The molecular weight excluding hydrogens is 396 g/mol. The maximum Gasteiger partial charge on any atom is 0.341 e. The highest BCUT2D eigenvalue weighted by Crippen LogP contribution is 2.28. The fourth-order valence-electron chi connectivity index (χ4n) is 3.70. The second-order valence-electron chi connectivity index (χ2n) is 7.69. The largest absolute Gasteiger partial charge is 0.462 e. The first-order valence-corrected chi connectivity index (χ1v) is 10.2. The smallest absolute Gasteiger partial charge is 0.341 e. The third kappa shape index (κ3) is 4.01. The van der Waals surface area contributed by atoms with E-state index < -0.39 is 11.9 Å². The average Bonchev–Trinajstić information content (AvgIpc) is 3.33. The van der Waals surface area contributed by atoms with Gasteiger partial charge in [-0.15, -0.1) is 0 Å². The number of anilines is 2. The second kappa shape index (κ2) is 8.22. The Bertz CT molecular complexity index is 1180. The van der Waals surface area contributed by atoms with Crippen molar-refractivity contribution in [2.24, 2.45) is 5.92 Å². The highest BCUT2D eigenvalue weighted by molar-refractivity contribution is 6.04. The summed E-state index contributed by atoms with van der Waals surface area (Å²) in [6.07, 6.45) is 3.26. The Balaban J connectivity index is 1.50. The summed E-state index contributed by atoms with van der Waals surface area (Å²) in [4.78, 5) is 39.2. The molecule has 2 aromatic heterocycles. The predicted molar refractivity (Wildman–Crippen MR) is 116 cm³/mol. The van der Waals surface area contributed by atoms with Crippen LogP contribution in [0.3, 0.4) is 0 Å². The summed E-state index contributed by atoms with van der Waals surface area (Å²) >= 11 is 0. The number of fused-ring (bicyclic) bond motifs is 1. The lowest BCUT2D eigenvalue weighted by Gasteiger charge is -2.18. The maximum absolute atomic E-state index is 12.8. The number of aryl methyl sites for hydroxylation is 2. The summed E-state index contributed by atoms with van der Waals surface area (Å²) in [5.41, 5.74) is 4.46. The number of carbonyl (C=O) groups is 3. The van der Waals surface area contributed by atoms with E-state index in [4.69, 9.17) is 4.74 Å². The number of pyridine rings is 1. The SMILES string of the molecule is CCOC(=O)c1cnn2ccc(NC(=O)C3CC(=O)N(c4ccc(C)c(C)c4)C3)cc12. The number of carbonyl (C=O) groups excluding carboxylic acids is 3. The Kier molecular flexibility index (Phi) is 5.46. The molecule has 0 saturated carbocycles. The van der Waals surface area contributed by atoms with E-state index in [2.05, 4.69) is 10.4 Å². The van der Waals surface area contributed by atoms with Crippen LogP contribution >= 0.6 is 0 Å². The van der Waals surface area contributed by atoms with Gasteiger partial charge in [0, 0.05) is 30.5 Å². The van der Waals surface area contributed by atoms with E-state index in [9.17, 15) is 14.4 Å². The second-order valence-corrected chi connectivity index (χ2v) is 7.69. The van der Waals surface area contributed by atoms with Gasteiger partial charge in [-0.1, -0.05) is 6.07 Å². The Morgan fingerprint density at radius 2 is 2.00 bits per heavy atom. The van der Waals surface area contributed by atoms with Crippen LogP contribution in [0, 0.1) is 19.8 Å². The minimum Gasteiger partial charge on any atom is -0.462 e. The topological polar surface area (TPSA) is 93.0 Å². The molecule has 0 spiro atoms. The molecule has 31 heavy (non-hydrogen) atoms. The van der Waals surface area contributed by atoms with Crippen molar-refractivity contribution in [1.82, 2.24) is 9.61 Å². The fourth-order valence-corrected chi connectivity index (χ4v) is 3.70. The maximum atomic E-state index is 12.8. The van der Waals surface area contributed by atoms with Gasteiger partial charge < -0.3 is 15.0 Å². The summed E-state index contributed by atoms with van der Waals surface area (Å²) in [6, 6.07) is 9.23. The Morgan fingerprint density at radius 1 is 1.19 bits per heavy atom. The third-order valence-electron chi connectivity index (χ3n) is 5.58. The molecule has 1 saturated heterocycles. The number of hydrogen-bond donors (Lipinski definition) is 1. The number of benzene rings is 1. The predicted octanol–water partition coefficient (Wildman–Crippen LogP) is 3.12. The molecule has 0 aliphatic carbocycles. The van der Waals surface area contributed by atoms with E-state index in [0.29, 0.717) is 23.3 Å². The van der Waals surface area contributed by atoms with Crippen molar-refractivity contribution >= 4 is 34.7 Å². The molecule has 3 heterocycles. The van der Waals surface area contributed by atoms with E-state index in [1.807, 2.05) is 32.0 Å². The molecule has 1 aliphatic heterocycles. The van der Waals surface area contributed by atoms with Gasteiger partial charge in [0.1, 0.15) is 5.56 Å². The molecule has 8 heteroatoms. The molecule has 3 aromatic rings. The lowest BCUT2D eigenvalue weighted by Crippen LogP contribution is -2.28. The molecule has 1 N–H and O–H groups in total. The molecule has 1 atom stereocenters. The number of nitrogens with zero attached hydrogens (tertiary/aromatic N) is 3.